The third-order valence-corrected chi connectivity index (χ3v) is 4.36. The van der Waals surface area contributed by atoms with Gasteiger partial charge in [0.25, 0.3) is 23.6 Å². The summed E-state index contributed by atoms with van der Waals surface area (Å²) in [5, 5.41) is 13.7. The number of aromatic nitrogens is 2. The lowest BCUT2D eigenvalue weighted by Gasteiger charge is -2.16. The molecule has 3 N–H and O–H groups in total. The summed E-state index contributed by atoms with van der Waals surface area (Å²) in [6.45, 7) is 5.88. The summed E-state index contributed by atoms with van der Waals surface area (Å²) in [5.41, 5.74) is 1.08. The van der Waals surface area contributed by atoms with Gasteiger partial charge in [0.2, 0.25) is 0 Å². The fraction of sp³-hybridized carbons (Fsp3) is 0.333. The topological polar surface area (TPSA) is 115 Å². The molecule has 0 radical (unpaired) electrons. The average Bonchev–Trinajstić information content (AvgIpc) is 3.40. The number of nitrogens with one attached hydrogen (secondary N) is 3. The van der Waals surface area contributed by atoms with Gasteiger partial charge in [0.15, 0.2) is 18.8 Å². The summed E-state index contributed by atoms with van der Waals surface area (Å²) in [6, 6.07) is 10.4. The predicted molar refractivity (Wildman–Crippen MR) is 110 cm³/mol. The number of carbonyl (C=O) groups excluding carboxylic acids is 2. The lowest BCUT2D eigenvalue weighted by molar-refractivity contribution is -0.907. The fourth-order valence-electron chi connectivity index (χ4n) is 3.06. The molecule has 30 heavy (non-hydrogen) atoms. The van der Waals surface area contributed by atoms with Gasteiger partial charge >= 0.3 is 0 Å². The van der Waals surface area contributed by atoms with E-state index in [2.05, 4.69) is 27.8 Å². The first-order valence-electron chi connectivity index (χ1n) is 9.97. The zero-order chi connectivity index (χ0) is 21.3. The molecular weight excluding hydrogens is 386 g/mol. The largest absolute Gasteiger partial charge is 0.459 e. The zero-order valence-electron chi connectivity index (χ0n) is 17.1. The highest BCUT2D eigenvalue weighted by atomic mass is 16.4. The molecule has 0 aliphatic rings. The first-order valence-corrected chi connectivity index (χ1v) is 9.97. The number of amides is 2. The minimum absolute atomic E-state index is 0.155. The summed E-state index contributed by atoms with van der Waals surface area (Å²) in [4.78, 5) is 25.5. The number of benzene rings is 1. The van der Waals surface area contributed by atoms with Crippen LogP contribution in [0.3, 0.4) is 0 Å². The van der Waals surface area contributed by atoms with Crippen molar-refractivity contribution in [3.63, 3.8) is 0 Å². The highest BCUT2D eigenvalue weighted by molar-refractivity contribution is 5.97. The summed E-state index contributed by atoms with van der Waals surface area (Å²) < 4.78 is 10.9. The van der Waals surface area contributed by atoms with Gasteiger partial charge in [-0.2, -0.15) is 0 Å². The normalized spacial score (nSPS) is 11.8. The minimum atomic E-state index is -0.171. The quantitative estimate of drug-likeness (QED) is 0.465. The van der Waals surface area contributed by atoms with Crippen molar-refractivity contribution >= 4 is 17.5 Å². The standard InChI is InChI=1S/C21H25N5O4/c1-3-10-26(14-19-24-25-21(30-19)17-9-6-11-29-17)13-18(27)23-16-8-5-7-15(12-16)20(28)22-4-2/h5-9,11-12H,3-4,10,13-14H2,1-2H3,(H,22,28)(H,23,27)/p+1. The average molecular weight is 412 g/mol. The molecule has 0 aliphatic heterocycles. The number of hydrogen-bond donors (Lipinski definition) is 3. The van der Waals surface area contributed by atoms with Gasteiger partial charge in [0.1, 0.15) is 0 Å². The lowest BCUT2D eigenvalue weighted by Crippen LogP contribution is -3.11. The number of carbonyl (C=O) groups is 2. The Morgan fingerprint density at radius 1 is 1.13 bits per heavy atom. The monoisotopic (exact) mass is 412 g/mol. The van der Waals surface area contributed by atoms with Crippen molar-refractivity contribution in [3.05, 3.63) is 54.1 Å². The molecule has 0 saturated carbocycles. The zero-order valence-corrected chi connectivity index (χ0v) is 17.1. The Bertz CT molecular complexity index is 967. The summed E-state index contributed by atoms with van der Waals surface area (Å²) >= 11 is 0. The van der Waals surface area contributed by atoms with E-state index in [0.717, 1.165) is 17.9 Å². The van der Waals surface area contributed by atoms with Gasteiger partial charge in [-0.1, -0.05) is 13.0 Å². The Morgan fingerprint density at radius 3 is 2.73 bits per heavy atom. The maximum atomic E-state index is 12.6. The molecule has 1 unspecified atom stereocenters. The maximum Gasteiger partial charge on any atom is 0.283 e. The van der Waals surface area contributed by atoms with Crippen molar-refractivity contribution < 1.29 is 23.3 Å². The number of hydrogen-bond acceptors (Lipinski definition) is 6. The van der Waals surface area contributed by atoms with Crippen molar-refractivity contribution in [1.82, 2.24) is 15.5 Å². The van der Waals surface area contributed by atoms with Crippen LogP contribution in [0.25, 0.3) is 11.7 Å². The number of anilines is 1. The Hall–Kier alpha value is -3.46. The second kappa shape index (κ2) is 10.4. The molecule has 0 aliphatic carbocycles. The van der Waals surface area contributed by atoms with E-state index >= 15 is 0 Å². The van der Waals surface area contributed by atoms with Gasteiger partial charge < -0.3 is 24.4 Å². The molecule has 3 rings (SSSR count). The Kier molecular flexibility index (Phi) is 7.34. The van der Waals surface area contributed by atoms with E-state index in [1.165, 1.54) is 0 Å². The first-order chi connectivity index (χ1) is 14.6. The number of nitrogens with zero attached hydrogens (tertiary/aromatic N) is 2. The van der Waals surface area contributed by atoms with Gasteiger partial charge in [-0.3, -0.25) is 9.59 Å². The number of quaternary nitrogens is 1. The molecule has 1 atom stereocenters. The molecule has 2 heterocycles. The molecule has 9 heteroatoms. The molecule has 0 spiro atoms. The second-order valence-corrected chi connectivity index (χ2v) is 6.82. The number of furan rings is 1. The van der Waals surface area contributed by atoms with E-state index < -0.39 is 0 Å². The lowest BCUT2D eigenvalue weighted by atomic mass is 10.2. The SMILES string of the molecule is CCC[NH+](CC(=O)Nc1cccc(C(=O)NCC)c1)Cc1nnc(-c2ccco2)o1. The highest BCUT2D eigenvalue weighted by Crippen LogP contribution is 2.17. The molecular formula is C21H26N5O4+. The van der Waals surface area contributed by atoms with E-state index in [-0.39, 0.29) is 18.4 Å². The van der Waals surface area contributed by atoms with E-state index in [4.69, 9.17) is 8.83 Å². The highest BCUT2D eigenvalue weighted by Gasteiger charge is 2.19. The molecule has 2 amide bonds. The van der Waals surface area contributed by atoms with Gasteiger partial charge in [0, 0.05) is 17.8 Å². The molecule has 0 bridgehead atoms. The van der Waals surface area contributed by atoms with Crippen molar-refractivity contribution in [2.24, 2.45) is 0 Å². The summed E-state index contributed by atoms with van der Waals surface area (Å²) in [7, 11) is 0. The van der Waals surface area contributed by atoms with Crippen LogP contribution in [0.5, 0.6) is 0 Å². The number of rotatable bonds is 10. The van der Waals surface area contributed by atoms with Crippen molar-refractivity contribution in [3.8, 4) is 11.7 Å². The van der Waals surface area contributed by atoms with E-state index in [9.17, 15) is 9.59 Å². The molecule has 0 fully saturated rings. The third kappa shape index (κ3) is 5.77. The van der Waals surface area contributed by atoms with Crippen LogP contribution in [-0.2, 0) is 11.3 Å². The van der Waals surface area contributed by atoms with Gasteiger partial charge in [-0.25, -0.2) is 0 Å². The van der Waals surface area contributed by atoms with E-state index in [0.29, 0.717) is 41.9 Å². The summed E-state index contributed by atoms with van der Waals surface area (Å²) in [5.74, 6) is 0.941. The van der Waals surface area contributed by atoms with Gasteiger partial charge in [-0.05, 0) is 43.7 Å². The van der Waals surface area contributed by atoms with Crippen LogP contribution in [0.1, 0.15) is 36.5 Å². The Labute approximate surface area is 174 Å². The van der Waals surface area contributed by atoms with Crippen molar-refractivity contribution in [1.29, 1.82) is 0 Å². The van der Waals surface area contributed by atoms with Crippen molar-refractivity contribution in [2.45, 2.75) is 26.8 Å². The van der Waals surface area contributed by atoms with Crippen LogP contribution in [-0.4, -0.2) is 41.6 Å². The van der Waals surface area contributed by atoms with E-state index in [1.54, 1.807) is 42.7 Å². The maximum absolute atomic E-state index is 12.6. The van der Waals surface area contributed by atoms with Gasteiger partial charge in [-0.15, -0.1) is 10.2 Å². The van der Waals surface area contributed by atoms with Crippen LogP contribution in [0, 0.1) is 0 Å². The van der Waals surface area contributed by atoms with Crippen LogP contribution in [0.15, 0.2) is 51.5 Å². The van der Waals surface area contributed by atoms with Crippen LogP contribution in [0.4, 0.5) is 5.69 Å². The predicted octanol–water partition coefficient (Wildman–Crippen LogP) is 1.51. The van der Waals surface area contributed by atoms with Gasteiger partial charge in [0.05, 0.1) is 12.8 Å². The van der Waals surface area contributed by atoms with E-state index in [1.807, 2.05) is 6.92 Å². The molecule has 0 saturated heterocycles. The molecule has 9 nitrogen and oxygen atoms in total. The van der Waals surface area contributed by atoms with Crippen LogP contribution >= 0.6 is 0 Å². The summed E-state index contributed by atoms with van der Waals surface area (Å²) in [6.07, 6.45) is 2.44. The minimum Gasteiger partial charge on any atom is -0.459 e. The first kappa shape index (κ1) is 21.3. The van der Waals surface area contributed by atoms with Crippen molar-refractivity contribution in [2.75, 3.05) is 25.0 Å². The molecule has 3 aromatic rings. The Morgan fingerprint density at radius 2 is 2.00 bits per heavy atom. The smallest absolute Gasteiger partial charge is 0.283 e. The molecule has 1 aromatic carbocycles. The fourth-order valence-corrected chi connectivity index (χ4v) is 3.06. The van der Waals surface area contributed by atoms with Crippen LogP contribution < -0.4 is 15.5 Å². The van der Waals surface area contributed by atoms with Crippen LogP contribution in [0.2, 0.25) is 0 Å². The second-order valence-electron chi connectivity index (χ2n) is 6.82. The third-order valence-electron chi connectivity index (χ3n) is 4.36. The Balaban J connectivity index is 1.60. The molecule has 2 aromatic heterocycles. The molecule has 158 valence electrons.